The fourth-order valence-corrected chi connectivity index (χ4v) is 3.98. The number of anilines is 1. The van der Waals surface area contributed by atoms with Gasteiger partial charge in [0.2, 0.25) is 0 Å². The molecule has 0 radical (unpaired) electrons. The number of pyridine rings is 1. The van der Waals surface area contributed by atoms with E-state index in [9.17, 15) is 13.2 Å². The molecule has 0 atom stereocenters. The molecule has 0 aliphatic carbocycles. The first-order chi connectivity index (χ1) is 13.2. The molecule has 0 saturated heterocycles. The largest absolute Gasteiger partial charge is 0.361 e. The Kier molecular flexibility index (Phi) is 5.85. The Morgan fingerprint density at radius 1 is 1.21 bits per heavy atom. The lowest BCUT2D eigenvalue weighted by molar-refractivity contribution is 0.102. The number of aromatic nitrogens is 2. The number of hydrogen-bond acceptors (Lipinski definition) is 7. The molecule has 3 rings (SSSR count). The summed E-state index contributed by atoms with van der Waals surface area (Å²) in [5.41, 5.74) is 2.37. The Morgan fingerprint density at radius 3 is 2.68 bits per heavy atom. The normalized spacial score (nSPS) is 11.4. The molecule has 1 amide bonds. The average molecular weight is 418 g/mol. The Balaban J connectivity index is 1.82. The van der Waals surface area contributed by atoms with Crippen molar-refractivity contribution in [2.45, 2.75) is 29.5 Å². The highest BCUT2D eigenvalue weighted by atomic mass is 32.2. The van der Waals surface area contributed by atoms with Gasteiger partial charge >= 0.3 is 0 Å². The van der Waals surface area contributed by atoms with Crippen LogP contribution < -0.4 is 5.32 Å². The minimum absolute atomic E-state index is 0.149. The van der Waals surface area contributed by atoms with Crippen molar-refractivity contribution in [1.29, 1.82) is 0 Å². The van der Waals surface area contributed by atoms with Gasteiger partial charge in [-0.05, 0) is 43.7 Å². The van der Waals surface area contributed by atoms with E-state index in [2.05, 4.69) is 15.5 Å². The van der Waals surface area contributed by atoms with Gasteiger partial charge in [0.25, 0.3) is 5.91 Å². The van der Waals surface area contributed by atoms with Crippen molar-refractivity contribution < 1.29 is 17.7 Å². The molecule has 1 aromatic carbocycles. The molecule has 2 heterocycles. The number of thioether (sulfide) groups is 1. The third-order valence-electron chi connectivity index (χ3n) is 3.93. The van der Waals surface area contributed by atoms with Crippen LogP contribution in [0.1, 0.15) is 27.4 Å². The molecule has 0 aliphatic rings. The summed E-state index contributed by atoms with van der Waals surface area (Å²) in [6.07, 6.45) is 2.74. The summed E-state index contributed by atoms with van der Waals surface area (Å²) in [5.74, 6) is 0.869. The molecule has 1 N–H and O–H groups in total. The van der Waals surface area contributed by atoms with Crippen LogP contribution in [0.2, 0.25) is 0 Å². The monoisotopic (exact) mass is 417 g/mol. The maximum Gasteiger partial charge on any atom is 0.258 e. The van der Waals surface area contributed by atoms with Crippen molar-refractivity contribution in [3.63, 3.8) is 0 Å². The van der Waals surface area contributed by atoms with Crippen molar-refractivity contribution in [2.24, 2.45) is 0 Å². The van der Waals surface area contributed by atoms with Crippen molar-refractivity contribution in [3.05, 3.63) is 65.2 Å². The first kappa shape index (κ1) is 20.1. The van der Waals surface area contributed by atoms with Crippen molar-refractivity contribution in [1.82, 2.24) is 10.1 Å². The van der Waals surface area contributed by atoms with Crippen LogP contribution in [0, 0.1) is 13.8 Å². The molecule has 0 fully saturated rings. The summed E-state index contributed by atoms with van der Waals surface area (Å²) in [6, 6.07) is 9.83. The molecule has 9 heteroatoms. The number of sulfone groups is 1. The zero-order valence-corrected chi connectivity index (χ0v) is 17.2. The van der Waals surface area contributed by atoms with Gasteiger partial charge in [0, 0.05) is 30.0 Å². The van der Waals surface area contributed by atoms with Crippen LogP contribution in [0.5, 0.6) is 0 Å². The van der Waals surface area contributed by atoms with E-state index < -0.39 is 9.84 Å². The van der Waals surface area contributed by atoms with E-state index in [0.29, 0.717) is 22.0 Å². The van der Waals surface area contributed by atoms with Gasteiger partial charge in [0.15, 0.2) is 9.84 Å². The lowest BCUT2D eigenvalue weighted by Gasteiger charge is -2.12. The average Bonchev–Trinajstić information content (AvgIpc) is 3.06. The molecular weight excluding hydrogens is 398 g/mol. The second-order valence-electron chi connectivity index (χ2n) is 6.28. The number of benzene rings is 1. The van der Waals surface area contributed by atoms with Gasteiger partial charge in [-0.3, -0.25) is 4.79 Å². The van der Waals surface area contributed by atoms with Crippen LogP contribution in [-0.2, 0) is 15.6 Å². The SMILES string of the molecule is Cc1cc(CSc2ncccc2C(=O)Nc2cc(S(C)(=O)=O)ccc2C)no1. The second kappa shape index (κ2) is 8.15. The van der Waals surface area contributed by atoms with Gasteiger partial charge in [-0.2, -0.15) is 0 Å². The topological polar surface area (TPSA) is 102 Å². The number of rotatable bonds is 6. The Bertz CT molecular complexity index is 1120. The van der Waals surface area contributed by atoms with Crippen LogP contribution in [0.15, 0.2) is 57.0 Å². The smallest absolute Gasteiger partial charge is 0.258 e. The number of amides is 1. The third-order valence-corrected chi connectivity index (χ3v) is 6.08. The Hall–Kier alpha value is -2.65. The molecule has 0 bridgehead atoms. The molecular formula is C19H19N3O4S2. The maximum atomic E-state index is 12.8. The molecule has 146 valence electrons. The van der Waals surface area contributed by atoms with E-state index >= 15 is 0 Å². The fourth-order valence-electron chi connectivity index (χ4n) is 2.46. The standard InChI is InChI=1S/C19H19N3O4S2/c1-12-6-7-15(28(3,24)25)10-17(12)21-18(23)16-5-4-8-20-19(16)27-11-14-9-13(2)26-22-14/h4-10H,11H2,1-3H3,(H,21,23). The van der Waals surface area contributed by atoms with Crippen LogP contribution in [0.4, 0.5) is 5.69 Å². The summed E-state index contributed by atoms with van der Waals surface area (Å²) < 4.78 is 28.6. The minimum atomic E-state index is -3.37. The van der Waals surface area contributed by atoms with E-state index in [-0.39, 0.29) is 10.8 Å². The molecule has 7 nitrogen and oxygen atoms in total. The number of carbonyl (C=O) groups is 1. The molecule has 0 spiro atoms. The lowest BCUT2D eigenvalue weighted by atomic mass is 10.2. The Morgan fingerprint density at radius 2 is 2.00 bits per heavy atom. The highest BCUT2D eigenvalue weighted by molar-refractivity contribution is 7.98. The van der Waals surface area contributed by atoms with E-state index in [4.69, 9.17) is 4.52 Å². The van der Waals surface area contributed by atoms with Crippen LogP contribution in [0.3, 0.4) is 0 Å². The van der Waals surface area contributed by atoms with E-state index in [1.807, 2.05) is 13.0 Å². The fraction of sp³-hybridized carbons (Fsp3) is 0.211. The number of nitrogens with zero attached hydrogens (tertiary/aromatic N) is 2. The molecule has 2 aromatic heterocycles. The molecule has 0 aliphatic heterocycles. The van der Waals surface area contributed by atoms with E-state index in [1.165, 1.54) is 23.9 Å². The molecule has 3 aromatic rings. The predicted molar refractivity (Wildman–Crippen MR) is 107 cm³/mol. The van der Waals surface area contributed by atoms with Crippen molar-refractivity contribution >= 4 is 33.2 Å². The van der Waals surface area contributed by atoms with Crippen LogP contribution >= 0.6 is 11.8 Å². The number of aryl methyl sites for hydroxylation is 2. The lowest BCUT2D eigenvalue weighted by Crippen LogP contribution is -2.15. The minimum Gasteiger partial charge on any atom is -0.361 e. The molecule has 0 saturated carbocycles. The molecule has 0 unspecified atom stereocenters. The highest BCUT2D eigenvalue weighted by Gasteiger charge is 2.16. The summed E-state index contributed by atoms with van der Waals surface area (Å²) in [7, 11) is -3.37. The van der Waals surface area contributed by atoms with Crippen molar-refractivity contribution in [2.75, 3.05) is 11.6 Å². The zero-order valence-electron chi connectivity index (χ0n) is 15.6. The third kappa shape index (κ3) is 4.79. The van der Waals surface area contributed by atoms with Crippen molar-refractivity contribution in [3.8, 4) is 0 Å². The van der Waals surface area contributed by atoms with E-state index in [1.54, 1.807) is 31.3 Å². The van der Waals surface area contributed by atoms with Gasteiger partial charge in [0.05, 0.1) is 16.2 Å². The quantitative estimate of drug-likeness (QED) is 0.611. The summed E-state index contributed by atoms with van der Waals surface area (Å²) in [4.78, 5) is 17.3. The number of carbonyl (C=O) groups excluding carboxylic acids is 1. The highest BCUT2D eigenvalue weighted by Crippen LogP contribution is 2.26. The summed E-state index contributed by atoms with van der Waals surface area (Å²) >= 11 is 1.37. The molecule has 28 heavy (non-hydrogen) atoms. The number of nitrogens with one attached hydrogen (secondary N) is 1. The van der Waals surface area contributed by atoms with E-state index in [0.717, 1.165) is 23.3 Å². The number of hydrogen-bond donors (Lipinski definition) is 1. The summed E-state index contributed by atoms with van der Waals surface area (Å²) in [5, 5.41) is 7.28. The van der Waals surface area contributed by atoms with Gasteiger partial charge < -0.3 is 9.84 Å². The maximum absolute atomic E-state index is 12.8. The van der Waals surface area contributed by atoms with Crippen LogP contribution in [-0.4, -0.2) is 30.7 Å². The van der Waals surface area contributed by atoms with Crippen LogP contribution in [0.25, 0.3) is 0 Å². The predicted octanol–water partition coefficient (Wildman–Crippen LogP) is 3.63. The second-order valence-corrected chi connectivity index (χ2v) is 9.26. The van der Waals surface area contributed by atoms with Gasteiger partial charge in [-0.15, -0.1) is 0 Å². The Labute approximate surface area is 167 Å². The van der Waals surface area contributed by atoms with Gasteiger partial charge in [-0.25, -0.2) is 13.4 Å². The zero-order chi connectivity index (χ0) is 20.3. The first-order valence-corrected chi connectivity index (χ1v) is 11.2. The summed E-state index contributed by atoms with van der Waals surface area (Å²) in [6.45, 7) is 3.61. The van der Waals surface area contributed by atoms with Gasteiger partial charge in [-0.1, -0.05) is 23.0 Å². The first-order valence-electron chi connectivity index (χ1n) is 8.36. The van der Waals surface area contributed by atoms with Gasteiger partial charge in [0.1, 0.15) is 10.8 Å².